The van der Waals surface area contributed by atoms with Crippen molar-refractivity contribution in [3.8, 4) is 0 Å². The second kappa shape index (κ2) is 12.8. The van der Waals surface area contributed by atoms with Crippen molar-refractivity contribution in [1.82, 2.24) is 0 Å². The molecule has 0 spiro atoms. The summed E-state index contributed by atoms with van der Waals surface area (Å²) in [5.41, 5.74) is 0.00280. The Balaban J connectivity index is 0.977. The fraction of sp³-hybridized carbons (Fsp3) is 0.914. The molecule has 3 aliphatic heterocycles. The molecule has 4 aliphatic carbocycles. The summed E-state index contributed by atoms with van der Waals surface area (Å²) < 4.78 is 28.8. The largest absolute Gasteiger partial charge is 0.458 e. The number of hydrogen-bond donors (Lipinski definition) is 7. The Morgan fingerprint density at radius 1 is 0.833 bits per heavy atom. The molecule has 48 heavy (non-hydrogen) atoms. The van der Waals surface area contributed by atoms with Gasteiger partial charge in [0.05, 0.1) is 24.4 Å². The number of rotatable bonds is 6. The van der Waals surface area contributed by atoms with Gasteiger partial charge in [0, 0.05) is 11.5 Å². The minimum atomic E-state index is -1.65. The maximum atomic E-state index is 12.5. The van der Waals surface area contributed by atoms with Crippen LogP contribution in [0.3, 0.4) is 0 Å². The first-order chi connectivity index (χ1) is 22.7. The number of ether oxygens (including phenoxy) is 5. The topological polar surface area (TPSA) is 205 Å². The molecule has 2 saturated heterocycles. The van der Waals surface area contributed by atoms with E-state index in [1.165, 1.54) is 0 Å². The van der Waals surface area contributed by atoms with Crippen LogP contribution < -0.4 is 0 Å². The summed E-state index contributed by atoms with van der Waals surface area (Å²) in [5.74, 6) is 0.825. The summed E-state index contributed by atoms with van der Waals surface area (Å²) in [4.78, 5) is 11.9. The zero-order chi connectivity index (χ0) is 34.3. The number of cyclic esters (lactones) is 1. The van der Waals surface area contributed by atoms with Crippen molar-refractivity contribution in [3.63, 3.8) is 0 Å². The molecular weight excluding hydrogens is 628 g/mol. The summed E-state index contributed by atoms with van der Waals surface area (Å²) in [6.07, 6.45) is -4.12. The van der Waals surface area contributed by atoms with Crippen LogP contribution in [0.15, 0.2) is 11.6 Å². The van der Waals surface area contributed by atoms with Crippen LogP contribution in [0, 0.1) is 34.5 Å². The minimum Gasteiger partial charge on any atom is -0.458 e. The number of fused-ring (bicyclic) bond motifs is 5. The lowest BCUT2D eigenvalue weighted by molar-refractivity contribution is -0.360. The third-order valence-electron chi connectivity index (χ3n) is 14.2. The predicted octanol–water partition coefficient (Wildman–Crippen LogP) is 0.280. The predicted molar refractivity (Wildman–Crippen MR) is 166 cm³/mol. The van der Waals surface area contributed by atoms with Crippen molar-refractivity contribution in [1.29, 1.82) is 0 Å². The van der Waals surface area contributed by atoms with E-state index in [0.29, 0.717) is 18.4 Å². The van der Waals surface area contributed by atoms with Gasteiger partial charge in [-0.15, -0.1) is 0 Å². The molecule has 4 saturated carbocycles. The van der Waals surface area contributed by atoms with Gasteiger partial charge >= 0.3 is 5.97 Å². The summed E-state index contributed by atoms with van der Waals surface area (Å²) in [7, 11) is 0. The van der Waals surface area contributed by atoms with Gasteiger partial charge in [-0.25, -0.2) is 4.79 Å². The van der Waals surface area contributed by atoms with E-state index >= 15 is 0 Å². The van der Waals surface area contributed by atoms with Crippen molar-refractivity contribution in [2.24, 2.45) is 34.5 Å². The lowest BCUT2D eigenvalue weighted by atomic mass is 9.43. The number of carbonyl (C=O) groups is 1. The van der Waals surface area contributed by atoms with Crippen LogP contribution in [0.4, 0.5) is 0 Å². The van der Waals surface area contributed by atoms with Crippen molar-refractivity contribution in [3.05, 3.63) is 11.6 Å². The molecule has 6 fully saturated rings. The van der Waals surface area contributed by atoms with Crippen LogP contribution in [0.5, 0.6) is 0 Å². The first-order valence-electron chi connectivity index (χ1n) is 17.9. The highest BCUT2D eigenvalue weighted by Crippen LogP contribution is 2.70. The number of aliphatic hydroxyl groups excluding tert-OH is 6. The van der Waals surface area contributed by atoms with Gasteiger partial charge in [-0.2, -0.15) is 0 Å². The first-order valence-corrected chi connectivity index (χ1v) is 17.9. The molecule has 0 radical (unpaired) electrons. The minimum absolute atomic E-state index is 0.0345. The maximum Gasteiger partial charge on any atom is 0.331 e. The molecule has 0 aromatic carbocycles. The molecule has 3 unspecified atom stereocenters. The third-order valence-corrected chi connectivity index (χ3v) is 14.2. The summed E-state index contributed by atoms with van der Waals surface area (Å²) in [6, 6.07) is 0. The Hall–Kier alpha value is -1.23. The van der Waals surface area contributed by atoms with Gasteiger partial charge in [-0.3, -0.25) is 0 Å². The van der Waals surface area contributed by atoms with Crippen LogP contribution in [0.1, 0.15) is 78.6 Å². The Morgan fingerprint density at radius 2 is 1.56 bits per heavy atom. The number of carbonyl (C=O) groups excluding carboxylic acids is 1. The van der Waals surface area contributed by atoms with E-state index in [2.05, 4.69) is 13.8 Å². The Labute approximate surface area is 281 Å². The van der Waals surface area contributed by atoms with Gasteiger partial charge in [0.25, 0.3) is 0 Å². The average Bonchev–Trinajstić information content (AvgIpc) is 3.61. The molecule has 0 amide bonds. The Bertz CT molecular complexity index is 1240. The normalized spacial score (nSPS) is 55.3. The monoisotopic (exact) mass is 682 g/mol. The Kier molecular flexibility index (Phi) is 9.36. The van der Waals surface area contributed by atoms with E-state index in [9.17, 15) is 40.5 Å². The summed E-state index contributed by atoms with van der Waals surface area (Å²) in [6.45, 7) is 5.97. The molecule has 18 atom stereocenters. The molecule has 0 aromatic heterocycles. The highest BCUT2D eigenvalue weighted by atomic mass is 16.7. The lowest BCUT2D eigenvalue weighted by Crippen LogP contribution is -2.64. The molecule has 13 heteroatoms. The number of hydrogen-bond acceptors (Lipinski definition) is 13. The molecule has 272 valence electrons. The molecule has 7 rings (SSSR count). The lowest BCUT2D eigenvalue weighted by Gasteiger charge is -2.64. The fourth-order valence-corrected chi connectivity index (χ4v) is 11.3. The van der Waals surface area contributed by atoms with Crippen LogP contribution in [0.25, 0.3) is 0 Å². The summed E-state index contributed by atoms with van der Waals surface area (Å²) >= 11 is 0. The Morgan fingerprint density at radius 3 is 2.27 bits per heavy atom. The molecule has 7 aliphatic rings. The van der Waals surface area contributed by atoms with Gasteiger partial charge < -0.3 is 59.4 Å². The van der Waals surface area contributed by atoms with E-state index in [4.69, 9.17) is 23.7 Å². The van der Waals surface area contributed by atoms with E-state index in [0.717, 1.165) is 63.4 Å². The molecule has 0 aromatic rings. The zero-order valence-electron chi connectivity index (χ0n) is 28.1. The summed E-state index contributed by atoms with van der Waals surface area (Å²) in [5, 5.41) is 74.7. The smallest absolute Gasteiger partial charge is 0.331 e. The second-order valence-corrected chi connectivity index (χ2v) is 16.3. The van der Waals surface area contributed by atoms with Gasteiger partial charge in [0.2, 0.25) is 0 Å². The van der Waals surface area contributed by atoms with Gasteiger partial charge in [0.15, 0.2) is 12.6 Å². The van der Waals surface area contributed by atoms with E-state index < -0.39 is 73.6 Å². The zero-order valence-corrected chi connectivity index (χ0v) is 28.1. The average molecular weight is 683 g/mol. The van der Waals surface area contributed by atoms with E-state index in [-0.39, 0.29) is 34.7 Å². The SMILES string of the molecule is C[C@@H]1O[C@@H](O[C@H]2CC[C@]3(C)C4CC[C@]5(C)C(C6=CC(=O)OC6)CC[C@]5(O)C4CC[C@@H]3C2)[C@H](O)[C@H](O)[C@H]1O[C@@H]1O[C@H](CO)[C@@H](O)[C@H](O)[C@H]1O. The van der Waals surface area contributed by atoms with Crippen molar-refractivity contribution >= 4 is 5.97 Å². The standard InChI is InChI=1S/C35H54O13/c1-16-30(48-32-28(41)26(39)25(38)23(14-36)47-32)27(40)29(42)31(45-16)46-19-6-9-33(2)18(13-19)4-5-22-21(33)7-10-34(3)20(8-11-35(22,34)43)17-12-24(37)44-15-17/h12,16,18-23,25-32,36,38-43H,4-11,13-15H2,1-3H3/t16-,18+,19-,20?,21?,22?,23+,25+,26-,27-,28+,29+,30-,31-,32-,33-,34+,35-/m0/s1. The van der Waals surface area contributed by atoms with Crippen LogP contribution >= 0.6 is 0 Å². The van der Waals surface area contributed by atoms with Crippen molar-refractivity contribution in [2.45, 2.75) is 152 Å². The van der Waals surface area contributed by atoms with Gasteiger partial charge in [0.1, 0.15) is 49.3 Å². The van der Waals surface area contributed by atoms with Crippen molar-refractivity contribution < 1.29 is 64.2 Å². The highest BCUT2D eigenvalue weighted by Gasteiger charge is 2.68. The highest BCUT2D eigenvalue weighted by molar-refractivity contribution is 5.85. The number of esters is 1. The molecular formula is C35H54O13. The molecule has 13 nitrogen and oxygen atoms in total. The van der Waals surface area contributed by atoms with E-state index in [1.54, 1.807) is 13.0 Å². The van der Waals surface area contributed by atoms with Crippen LogP contribution in [-0.4, -0.2) is 128 Å². The fourth-order valence-electron chi connectivity index (χ4n) is 11.3. The van der Waals surface area contributed by atoms with Crippen LogP contribution in [0.2, 0.25) is 0 Å². The molecule has 3 heterocycles. The maximum absolute atomic E-state index is 12.5. The first kappa shape index (κ1) is 35.2. The van der Waals surface area contributed by atoms with Gasteiger partial charge in [-0.05, 0) is 99.4 Å². The van der Waals surface area contributed by atoms with E-state index in [1.807, 2.05) is 0 Å². The molecule has 7 N–H and O–H groups in total. The molecule has 0 bridgehead atoms. The number of aliphatic hydroxyl groups is 7. The second-order valence-electron chi connectivity index (χ2n) is 16.3. The van der Waals surface area contributed by atoms with Crippen molar-refractivity contribution in [2.75, 3.05) is 13.2 Å². The quantitative estimate of drug-likeness (QED) is 0.149. The van der Waals surface area contributed by atoms with Gasteiger partial charge in [-0.1, -0.05) is 13.8 Å². The third kappa shape index (κ3) is 5.42. The van der Waals surface area contributed by atoms with Crippen LogP contribution in [-0.2, 0) is 28.5 Å².